The number of nitrogens with zero attached hydrogens (tertiary/aromatic N) is 1. The largest absolute Gasteiger partial charge is 0.480 e. The van der Waals surface area contributed by atoms with Gasteiger partial charge in [-0.15, -0.1) is 0 Å². The molecule has 1 aromatic rings. The summed E-state index contributed by atoms with van der Waals surface area (Å²) in [7, 11) is 0. The van der Waals surface area contributed by atoms with Gasteiger partial charge in [-0.3, -0.25) is 10.1 Å². The molecule has 0 bridgehead atoms. The average molecular weight is 266 g/mol. The predicted octanol–water partition coefficient (Wildman–Crippen LogP) is 2.96. The summed E-state index contributed by atoms with van der Waals surface area (Å²) in [5, 5.41) is 23.1. The van der Waals surface area contributed by atoms with Crippen LogP contribution >= 0.6 is 0 Å². The van der Waals surface area contributed by atoms with Crippen LogP contribution < -0.4 is 5.32 Å². The molecule has 1 rings (SSSR count). The zero-order valence-corrected chi connectivity index (χ0v) is 11.3. The highest BCUT2D eigenvalue weighted by atomic mass is 16.6. The Kier molecular flexibility index (Phi) is 4.47. The number of aliphatic carboxylic acids is 1. The molecule has 0 unspecified atom stereocenters. The fourth-order valence-corrected chi connectivity index (χ4v) is 1.90. The summed E-state index contributed by atoms with van der Waals surface area (Å²) in [6.07, 6.45) is 0.780. The molecular weight excluding hydrogens is 248 g/mol. The first-order valence-electron chi connectivity index (χ1n) is 6.13. The van der Waals surface area contributed by atoms with E-state index in [0.717, 1.165) is 5.56 Å². The molecule has 0 atom stereocenters. The van der Waals surface area contributed by atoms with Gasteiger partial charge in [0.15, 0.2) is 0 Å². The SMILES string of the molecule is CCC(CC)(Nc1cc([N+](=O)[O-])ccc1C)C(=O)O. The van der Waals surface area contributed by atoms with Gasteiger partial charge in [0.05, 0.1) is 4.92 Å². The van der Waals surface area contributed by atoms with Crippen LogP contribution in [0.5, 0.6) is 0 Å². The van der Waals surface area contributed by atoms with Crippen molar-refractivity contribution in [3.8, 4) is 0 Å². The van der Waals surface area contributed by atoms with Crippen molar-refractivity contribution in [3.63, 3.8) is 0 Å². The number of carboxylic acids is 1. The summed E-state index contributed by atoms with van der Waals surface area (Å²) < 4.78 is 0. The van der Waals surface area contributed by atoms with Crippen LogP contribution in [0.3, 0.4) is 0 Å². The minimum absolute atomic E-state index is 0.0559. The van der Waals surface area contributed by atoms with Crippen LogP contribution in [0.25, 0.3) is 0 Å². The number of carboxylic acid groups (broad SMARTS) is 1. The van der Waals surface area contributed by atoms with Crippen LogP contribution in [-0.2, 0) is 4.79 Å². The number of nitrogens with one attached hydrogen (secondary N) is 1. The Balaban J connectivity index is 3.19. The van der Waals surface area contributed by atoms with Crippen molar-refractivity contribution in [1.82, 2.24) is 0 Å². The molecule has 0 aliphatic rings. The first-order chi connectivity index (χ1) is 8.86. The van der Waals surface area contributed by atoms with Crippen LogP contribution in [0.1, 0.15) is 32.3 Å². The summed E-state index contributed by atoms with van der Waals surface area (Å²) in [5.74, 6) is -0.955. The Labute approximate surface area is 111 Å². The van der Waals surface area contributed by atoms with E-state index in [1.165, 1.54) is 12.1 Å². The number of rotatable bonds is 6. The molecule has 0 amide bonds. The maximum atomic E-state index is 11.4. The second-order valence-electron chi connectivity index (χ2n) is 4.48. The zero-order chi connectivity index (χ0) is 14.6. The Morgan fingerprint density at radius 1 is 1.42 bits per heavy atom. The number of anilines is 1. The first-order valence-corrected chi connectivity index (χ1v) is 6.13. The van der Waals surface area contributed by atoms with Crippen molar-refractivity contribution in [3.05, 3.63) is 33.9 Å². The van der Waals surface area contributed by atoms with Gasteiger partial charge in [-0.1, -0.05) is 19.9 Å². The van der Waals surface area contributed by atoms with Gasteiger partial charge in [0.1, 0.15) is 5.54 Å². The average Bonchev–Trinajstić information content (AvgIpc) is 2.37. The summed E-state index contributed by atoms with van der Waals surface area (Å²) >= 11 is 0. The van der Waals surface area contributed by atoms with Crippen LogP contribution in [0.4, 0.5) is 11.4 Å². The topological polar surface area (TPSA) is 92.5 Å². The maximum Gasteiger partial charge on any atom is 0.329 e. The van der Waals surface area contributed by atoms with E-state index in [2.05, 4.69) is 5.32 Å². The van der Waals surface area contributed by atoms with Crippen molar-refractivity contribution >= 4 is 17.3 Å². The lowest BCUT2D eigenvalue weighted by Crippen LogP contribution is -2.45. The zero-order valence-electron chi connectivity index (χ0n) is 11.3. The molecule has 1 aromatic carbocycles. The second kappa shape index (κ2) is 5.69. The normalized spacial score (nSPS) is 11.1. The third-order valence-corrected chi connectivity index (χ3v) is 3.42. The molecule has 0 fully saturated rings. The van der Waals surface area contributed by atoms with Crippen LogP contribution in [0.2, 0.25) is 0 Å². The van der Waals surface area contributed by atoms with Gasteiger partial charge in [-0.05, 0) is 25.3 Å². The molecule has 0 saturated heterocycles. The fourth-order valence-electron chi connectivity index (χ4n) is 1.90. The van der Waals surface area contributed by atoms with Gasteiger partial charge in [-0.2, -0.15) is 0 Å². The molecule has 0 aliphatic heterocycles. The molecule has 2 N–H and O–H groups in total. The number of carbonyl (C=O) groups is 1. The highest BCUT2D eigenvalue weighted by molar-refractivity contribution is 5.83. The number of hydrogen-bond acceptors (Lipinski definition) is 4. The van der Waals surface area contributed by atoms with E-state index in [9.17, 15) is 20.0 Å². The Morgan fingerprint density at radius 2 is 2.00 bits per heavy atom. The summed E-state index contributed by atoms with van der Waals surface area (Å²) in [4.78, 5) is 21.7. The first kappa shape index (κ1) is 14.9. The highest BCUT2D eigenvalue weighted by Gasteiger charge is 2.35. The molecule has 0 heterocycles. The van der Waals surface area contributed by atoms with Crippen molar-refractivity contribution in [2.45, 2.75) is 39.2 Å². The Hall–Kier alpha value is -2.11. The summed E-state index contributed by atoms with van der Waals surface area (Å²) in [6.45, 7) is 5.33. The highest BCUT2D eigenvalue weighted by Crippen LogP contribution is 2.28. The van der Waals surface area contributed by atoms with Crippen LogP contribution in [0.15, 0.2) is 18.2 Å². The fraction of sp³-hybridized carbons (Fsp3) is 0.462. The molecule has 6 nitrogen and oxygen atoms in total. The van der Waals surface area contributed by atoms with E-state index in [0.29, 0.717) is 18.5 Å². The minimum atomic E-state index is -1.10. The summed E-state index contributed by atoms with van der Waals surface area (Å²) in [6, 6.07) is 4.39. The van der Waals surface area contributed by atoms with Gasteiger partial charge >= 0.3 is 5.97 Å². The molecule has 0 saturated carbocycles. The molecule has 0 aliphatic carbocycles. The molecular formula is C13H18N2O4. The van der Waals surface area contributed by atoms with E-state index >= 15 is 0 Å². The number of aryl methyl sites for hydroxylation is 1. The maximum absolute atomic E-state index is 11.4. The third kappa shape index (κ3) is 3.01. The number of non-ortho nitro benzene ring substituents is 1. The van der Waals surface area contributed by atoms with E-state index < -0.39 is 16.4 Å². The van der Waals surface area contributed by atoms with Gasteiger partial charge in [0, 0.05) is 17.8 Å². The molecule has 6 heteroatoms. The molecule has 19 heavy (non-hydrogen) atoms. The number of benzene rings is 1. The predicted molar refractivity (Wildman–Crippen MR) is 72.4 cm³/mol. The van der Waals surface area contributed by atoms with E-state index in [1.807, 2.05) is 0 Å². The minimum Gasteiger partial charge on any atom is -0.480 e. The van der Waals surface area contributed by atoms with E-state index in [1.54, 1.807) is 26.8 Å². The Morgan fingerprint density at radius 3 is 2.42 bits per heavy atom. The van der Waals surface area contributed by atoms with Gasteiger partial charge in [0.2, 0.25) is 0 Å². The van der Waals surface area contributed by atoms with Crippen molar-refractivity contribution in [2.75, 3.05) is 5.32 Å². The lowest BCUT2D eigenvalue weighted by molar-refractivity contribution is -0.384. The molecule has 0 spiro atoms. The molecule has 0 aromatic heterocycles. The van der Waals surface area contributed by atoms with E-state index in [4.69, 9.17) is 0 Å². The molecule has 104 valence electrons. The number of hydrogen-bond donors (Lipinski definition) is 2. The quantitative estimate of drug-likeness (QED) is 0.610. The monoisotopic (exact) mass is 266 g/mol. The summed E-state index contributed by atoms with van der Waals surface area (Å²) in [5.41, 5.74) is 0.109. The number of nitro groups is 1. The van der Waals surface area contributed by atoms with E-state index in [-0.39, 0.29) is 5.69 Å². The lowest BCUT2D eigenvalue weighted by Gasteiger charge is -2.29. The van der Waals surface area contributed by atoms with Gasteiger partial charge in [-0.25, -0.2) is 4.79 Å². The van der Waals surface area contributed by atoms with Crippen molar-refractivity contribution < 1.29 is 14.8 Å². The van der Waals surface area contributed by atoms with Crippen molar-refractivity contribution in [2.24, 2.45) is 0 Å². The van der Waals surface area contributed by atoms with Crippen molar-refractivity contribution in [1.29, 1.82) is 0 Å². The number of nitro benzene ring substituents is 1. The standard InChI is InChI=1S/C13H18N2O4/c1-4-13(5-2,12(16)17)14-11-8-10(15(18)19)7-6-9(11)3/h6-8,14H,4-5H2,1-3H3,(H,16,17). The second-order valence-corrected chi connectivity index (χ2v) is 4.48. The van der Waals surface area contributed by atoms with Crippen LogP contribution in [-0.4, -0.2) is 21.5 Å². The Bertz CT molecular complexity index is 495. The lowest BCUT2D eigenvalue weighted by atomic mass is 9.92. The van der Waals surface area contributed by atoms with Crippen LogP contribution in [0, 0.1) is 17.0 Å². The van der Waals surface area contributed by atoms with Gasteiger partial charge < -0.3 is 10.4 Å². The molecule has 0 radical (unpaired) electrons. The smallest absolute Gasteiger partial charge is 0.329 e. The third-order valence-electron chi connectivity index (χ3n) is 3.42. The van der Waals surface area contributed by atoms with Gasteiger partial charge in [0.25, 0.3) is 5.69 Å².